The second-order valence-electron chi connectivity index (χ2n) is 3.41. The first kappa shape index (κ1) is 13.8. The maximum absolute atomic E-state index is 9.56. The zero-order valence-electron chi connectivity index (χ0n) is 8.63. The minimum absolute atomic E-state index is 0.0577. The van der Waals surface area contributed by atoms with Gasteiger partial charge in [-0.2, -0.15) is 0 Å². The number of aliphatic hydroxyl groups excluding tert-OH is 4. The summed E-state index contributed by atoms with van der Waals surface area (Å²) in [4.78, 5) is 1.65. The van der Waals surface area contributed by atoms with Gasteiger partial charge in [-0.05, 0) is 13.3 Å². The van der Waals surface area contributed by atoms with Gasteiger partial charge in [0.15, 0.2) is 0 Å². The van der Waals surface area contributed by atoms with Gasteiger partial charge >= 0.3 is 0 Å². The van der Waals surface area contributed by atoms with E-state index in [2.05, 4.69) is 0 Å². The maximum Gasteiger partial charge on any atom is 0.109 e. The topological polar surface area (TPSA) is 84.2 Å². The van der Waals surface area contributed by atoms with Crippen molar-refractivity contribution in [2.24, 2.45) is 0 Å². The van der Waals surface area contributed by atoms with E-state index in [4.69, 9.17) is 15.3 Å². The second kappa shape index (κ2) is 8.14. The fraction of sp³-hybridized carbons (Fsp3) is 1.00. The Balaban J connectivity index is 3.94. The molecule has 2 atom stereocenters. The molecule has 0 radical (unpaired) electrons. The third kappa shape index (κ3) is 6.28. The van der Waals surface area contributed by atoms with Gasteiger partial charge in [-0.1, -0.05) is 0 Å². The van der Waals surface area contributed by atoms with E-state index in [1.807, 2.05) is 0 Å². The largest absolute Gasteiger partial charge is 0.396 e. The van der Waals surface area contributed by atoms with E-state index in [9.17, 15) is 5.11 Å². The SMILES string of the molecule is CC(O)CN(CCCO)C(O)CCO. The van der Waals surface area contributed by atoms with Crippen LogP contribution in [0, 0.1) is 0 Å². The number of hydrogen-bond donors (Lipinski definition) is 4. The van der Waals surface area contributed by atoms with Crippen LogP contribution in [0.5, 0.6) is 0 Å². The van der Waals surface area contributed by atoms with Crippen LogP contribution >= 0.6 is 0 Å². The molecule has 14 heavy (non-hydrogen) atoms. The van der Waals surface area contributed by atoms with E-state index in [0.717, 1.165) is 0 Å². The van der Waals surface area contributed by atoms with Gasteiger partial charge in [-0.3, -0.25) is 4.90 Å². The quantitative estimate of drug-likeness (QED) is 0.374. The lowest BCUT2D eigenvalue weighted by Gasteiger charge is -2.28. The van der Waals surface area contributed by atoms with E-state index >= 15 is 0 Å². The molecule has 0 aromatic heterocycles. The Labute approximate surface area is 84.6 Å². The van der Waals surface area contributed by atoms with Crippen LogP contribution in [0.4, 0.5) is 0 Å². The first-order chi connectivity index (χ1) is 6.61. The fourth-order valence-electron chi connectivity index (χ4n) is 1.27. The van der Waals surface area contributed by atoms with Crippen LogP contribution in [0.1, 0.15) is 19.8 Å². The number of aliphatic hydroxyl groups is 4. The molecule has 0 aliphatic rings. The molecule has 0 aliphatic heterocycles. The minimum Gasteiger partial charge on any atom is -0.396 e. The zero-order valence-corrected chi connectivity index (χ0v) is 8.63. The summed E-state index contributed by atoms with van der Waals surface area (Å²) in [6.07, 6.45) is -0.462. The highest BCUT2D eigenvalue weighted by Gasteiger charge is 2.16. The molecule has 0 aliphatic carbocycles. The smallest absolute Gasteiger partial charge is 0.109 e. The van der Waals surface area contributed by atoms with Crippen molar-refractivity contribution in [2.45, 2.75) is 32.1 Å². The Morgan fingerprint density at radius 3 is 2.21 bits per heavy atom. The maximum atomic E-state index is 9.56. The van der Waals surface area contributed by atoms with E-state index in [0.29, 0.717) is 19.5 Å². The standard InChI is InChI=1S/C9H21NO4/c1-8(13)7-10(4-2-5-11)9(14)3-6-12/h8-9,11-14H,2-7H2,1H3. The number of nitrogens with zero attached hydrogens (tertiary/aromatic N) is 1. The lowest BCUT2D eigenvalue weighted by atomic mass is 10.2. The lowest BCUT2D eigenvalue weighted by Crippen LogP contribution is -2.41. The van der Waals surface area contributed by atoms with Crippen LogP contribution in [-0.4, -0.2) is 64.0 Å². The van der Waals surface area contributed by atoms with Gasteiger partial charge in [-0.25, -0.2) is 0 Å². The fourth-order valence-corrected chi connectivity index (χ4v) is 1.27. The van der Waals surface area contributed by atoms with Gasteiger partial charge in [0.25, 0.3) is 0 Å². The van der Waals surface area contributed by atoms with Crippen molar-refractivity contribution in [1.82, 2.24) is 4.90 Å². The molecule has 4 N–H and O–H groups in total. The molecule has 5 nitrogen and oxygen atoms in total. The van der Waals surface area contributed by atoms with Crippen molar-refractivity contribution >= 4 is 0 Å². The highest BCUT2D eigenvalue weighted by atomic mass is 16.3. The molecule has 0 fully saturated rings. The average Bonchev–Trinajstić information content (AvgIpc) is 2.12. The summed E-state index contributed by atoms with van der Waals surface area (Å²) < 4.78 is 0. The highest BCUT2D eigenvalue weighted by Crippen LogP contribution is 2.03. The van der Waals surface area contributed by atoms with E-state index in [-0.39, 0.29) is 19.6 Å². The van der Waals surface area contributed by atoms with Crippen molar-refractivity contribution in [1.29, 1.82) is 0 Å². The summed E-state index contributed by atoms with van der Waals surface area (Å²) in [5.74, 6) is 0. The Kier molecular flexibility index (Phi) is 8.02. The normalized spacial score (nSPS) is 15.9. The molecule has 2 unspecified atom stereocenters. The Hall–Kier alpha value is -0.200. The molecule has 0 saturated heterocycles. The van der Waals surface area contributed by atoms with Crippen LogP contribution < -0.4 is 0 Å². The molecule has 0 heterocycles. The van der Waals surface area contributed by atoms with Gasteiger partial charge in [-0.15, -0.1) is 0 Å². The highest BCUT2D eigenvalue weighted by molar-refractivity contribution is 4.64. The van der Waals surface area contributed by atoms with Crippen LogP contribution in [0.2, 0.25) is 0 Å². The molecular formula is C9H21NO4. The molecule has 0 amide bonds. The number of rotatable bonds is 8. The van der Waals surface area contributed by atoms with Crippen LogP contribution in [-0.2, 0) is 0 Å². The van der Waals surface area contributed by atoms with Crippen LogP contribution in [0.15, 0.2) is 0 Å². The molecule has 0 rings (SSSR count). The third-order valence-corrected chi connectivity index (χ3v) is 1.91. The molecule has 0 saturated carbocycles. The van der Waals surface area contributed by atoms with Crippen molar-refractivity contribution in [3.05, 3.63) is 0 Å². The summed E-state index contributed by atoms with van der Waals surface area (Å²) in [6.45, 7) is 2.47. The van der Waals surface area contributed by atoms with Gasteiger partial charge in [0.2, 0.25) is 0 Å². The summed E-state index contributed by atoms with van der Waals surface area (Å²) >= 11 is 0. The van der Waals surface area contributed by atoms with Gasteiger partial charge in [0, 0.05) is 32.7 Å². The molecule has 0 bridgehead atoms. The Bertz CT molecular complexity index is 132. The molecule has 0 spiro atoms. The molecule has 0 aromatic carbocycles. The molecule has 86 valence electrons. The molecule has 0 aromatic rings. The first-order valence-electron chi connectivity index (χ1n) is 4.93. The van der Waals surface area contributed by atoms with Crippen LogP contribution in [0.25, 0.3) is 0 Å². The molecule has 5 heteroatoms. The van der Waals surface area contributed by atoms with Gasteiger partial charge < -0.3 is 20.4 Å². The Morgan fingerprint density at radius 2 is 1.79 bits per heavy atom. The predicted octanol–water partition coefficient (Wildman–Crippen LogP) is -1.25. The third-order valence-electron chi connectivity index (χ3n) is 1.91. The second-order valence-corrected chi connectivity index (χ2v) is 3.41. The predicted molar refractivity (Wildman–Crippen MR) is 52.7 cm³/mol. The monoisotopic (exact) mass is 207 g/mol. The van der Waals surface area contributed by atoms with E-state index < -0.39 is 12.3 Å². The summed E-state index contributed by atoms with van der Waals surface area (Å²) in [7, 11) is 0. The summed E-state index contributed by atoms with van der Waals surface area (Å²) in [5, 5.41) is 36.0. The summed E-state index contributed by atoms with van der Waals surface area (Å²) in [6, 6.07) is 0. The van der Waals surface area contributed by atoms with Crippen LogP contribution in [0.3, 0.4) is 0 Å². The minimum atomic E-state index is -0.749. The first-order valence-corrected chi connectivity index (χ1v) is 4.93. The van der Waals surface area contributed by atoms with E-state index in [1.165, 1.54) is 0 Å². The summed E-state index contributed by atoms with van der Waals surface area (Å²) in [5.41, 5.74) is 0. The van der Waals surface area contributed by atoms with Gasteiger partial charge in [0.1, 0.15) is 6.23 Å². The van der Waals surface area contributed by atoms with E-state index in [1.54, 1.807) is 11.8 Å². The lowest BCUT2D eigenvalue weighted by molar-refractivity contribution is -0.0344. The molecular weight excluding hydrogens is 186 g/mol. The van der Waals surface area contributed by atoms with Crippen molar-refractivity contribution in [3.8, 4) is 0 Å². The Morgan fingerprint density at radius 1 is 1.14 bits per heavy atom. The van der Waals surface area contributed by atoms with Gasteiger partial charge in [0.05, 0.1) is 6.10 Å². The zero-order chi connectivity index (χ0) is 11.0. The number of hydrogen-bond acceptors (Lipinski definition) is 5. The van der Waals surface area contributed by atoms with Crippen molar-refractivity contribution < 1.29 is 20.4 Å². The van der Waals surface area contributed by atoms with Crippen molar-refractivity contribution in [3.63, 3.8) is 0 Å². The average molecular weight is 207 g/mol. The van der Waals surface area contributed by atoms with Crippen molar-refractivity contribution in [2.75, 3.05) is 26.3 Å².